The minimum atomic E-state index is -0.787. The smallest absolute Gasteiger partial charge is 0.266 e. The number of amides is 2. The van der Waals surface area contributed by atoms with Gasteiger partial charge in [0.05, 0.1) is 18.2 Å². The Kier molecular flexibility index (Phi) is 14.6. The Bertz CT molecular complexity index is 3200. The molecule has 3 heterocycles. The number of nitriles is 2. The maximum atomic E-state index is 13.6. The van der Waals surface area contributed by atoms with Gasteiger partial charge in [-0.25, -0.2) is 19.9 Å². The Morgan fingerprint density at radius 1 is 0.671 bits per heavy atom. The van der Waals surface area contributed by atoms with Crippen LogP contribution in [0.5, 0.6) is 46.3 Å². The Morgan fingerprint density at radius 2 is 1.26 bits per heavy atom. The van der Waals surface area contributed by atoms with E-state index in [2.05, 4.69) is 25.3 Å². The van der Waals surface area contributed by atoms with Crippen LogP contribution in [0.4, 0.5) is 17.3 Å². The third-order valence-electron chi connectivity index (χ3n) is 10.7. The van der Waals surface area contributed by atoms with E-state index in [4.69, 9.17) is 35.2 Å². The number of nitrogen functional groups attached to an aromatic ring is 2. The zero-order chi connectivity index (χ0) is 48.8. The van der Waals surface area contributed by atoms with Gasteiger partial charge in [-0.3, -0.25) is 9.59 Å². The molecule has 70 heavy (non-hydrogen) atoms. The lowest BCUT2D eigenvalue weighted by Crippen LogP contribution is -2.35. The molecule has 1 aliphatic heterocycles. The molecule has 0 aliphatic carbocycles. The van der Waals surface area contributed by atoms with Crippen LogP contribution in [-0.4, -0.2) is 56.8 Å². The Morgan fingerprint density at radius 3 is 1.91 bits per heavy atom. The van der Waals surface area contributed by atoms with Crippen molar-refractivity contribution in [2.75, 3.05) is 37.0 Å². The van der Waals surface area contributed by atoms with Gasteiger partial charge in [0.25, 0.3) is 11.8 Å². The fourth-order valence-corrected chi connectivity index (χ4v) is 7.10. The largest absolute Gasteiger partial charge is 0.497 e. The Balaban J connectivity index is 0.888. The van der Waals surface area contributed by atoms with E-state index in [1.807, 2.05) is 78.9 Å². The lowest BCUT2D eigenvalue weighted by Gasteiger charge is -2.27. The van der Waals surface area contributed by atoms with Crippen molar-refractivity contribution in [2.24, 2.45) is 0 Å². The van der Waals surface area contributed by atoms with E-state index in [0.717, 1.165) is 29.0 Å². The molecule has 1 aliphatic rings. The average molecular weight is 931 g/mol. The predicted molar refractivity (Wildman–Crippen MR) is 260 cm³/mol. The number of anilines is 3. The van der Waals surface area contributed by atoms with E-state index >= 15 is 0 Å². The number of nitrogens with zero attached hydrogens (tertiary/aromatic N) is 7. The van der Waals surface area contributed by atoms with Crippen LogP contribution in [0.25, 0.3) is 16.7 Å². The number of aromatic nitrogens is 4. The lowest BCUT2D eigenvalue weighted by molar-refractivity contribution is -0.126. The average Bonchev–Trinajstić information content (AvgIpc) is 3.38. The molecule has 17 heteroatoms. The van der Waals surface area contributed by atoms with Crippen LogP contribution in [0.3, 0.4) is 0 Å². The predicted octanol–water partition coefficient (Wildman–Crippen LogP) is 9.22. The van der Waals surface area contributed by atoms with Crippen molar-refractivity contribution < 1.29 is 33.3 Å². The molecule has 17 nitrogen and oxygen atoms in total. The molecule has 0 bridgehead atoms. The summed E-state index contributed by atoms with van der Waals surface area (Å²) in [6.07, 6.45) is 6.97. The topological polar surface area (TPSA) is 247 Å². The normalized spacial score (nSPS) is 12.4. The number of nitrogens with two attached hydrogens (primary N) is 2. The molecule has 0 fully saturated rings. The first-order valence-corrected chi connectivity index (χ1v) is 21.6. The minimum Gasteiger partial charge on any atom is -0.497 e. The molecule has 0 saturated heterocycles. The first-order valence-electron chi connectivity index (χ1n) is 21.6. The maximum absolute atomic E-state index is 13.6. The number of carbonyl (C=O) groups is 2. The van der Waals surface area contributed by atoms with Crippen molar-refractivity contribution >= 4 is 34.7 Å². The summed E-state index contributed by atoms with van der Waals surface area (Å²) < 4.78 is 29.3. The molecule has 8 rings (SSSR count). The van der Waals surface area contributed by atoms with Gasteiger partial charge in [-0.1, -0.05) is 54.6 Å². The van der Waals surface area contributed by atoms with Crippen LogP contribution < -0.4 is 40.5 Å². The monoisotopic (exact) mass is 930 g/mol. The molecule has 5 aromatic carbocycles. The molecule has 0 unspecified atom stereocenters. The number of para-hydroxylation sites is 1. The van der Waals surface area contributed by atoms with Gasteiger partial charge in [0.1, 0.15) is 88.7 Å². The van der Waals surface area contributed by atoms with E-state index in [0.29, 0.717) is 58.5 Å². The second-order valence-corrected chi connectivity index (χ2v) is 15.2. The molecular weight excluding hydrogens is 889 g/mol. The van der Waals surface area contributed by atoms with Crippen molar-refractivity contribution in [3.05, 3.63) is 181 Å². The minimum absolute atomic E-state index is 0.122. The van der Waals surface area contributed by atoms with Crippen molar-refractivity contribution in [3.8, 4) is 69.5 Å². The number of nitrogens with one attached hydrogen (secondary N) is 1. The number of allylic oxidation sites excluding steroid dienone is 2. The van der Waals surface area contributed by atoms with E-state index in [1.54, 1.807) is 67.8 Å². The number of hydrogen-bond donors (Lipinski definition) is 3. The van der Waals surface area contributed by atoms with Crippen molar-refractivity contribution in [1.29, 1.82) is 10.5 Å². The van der Waals surface area contributed by atoms with E-state index in [1.165, 1.54) is 23.6 Å². The van der Waals surface area contributed by atoms with E-state index in [9.17, 15) is 20.1 Å². The molecule has 0 spiro atoms. The summed E-state index contributed by atoms with van der Waals surface area (Å²) >= 11 is 0. The van der Waals surface area contributed by atoms with Gasteiger partial charge < -0.3 is 45.4 Å². The zero-order valence-electron chi connectivity index (χ0n) is 37.5. The van der Waals surface area contributed by atoms with Crippen LogP contribution in [-0.2, 0) is 16.2 Å². The van der Waals surface area contributed by atoms with Crippen LogP contribution in [0.2, 0.25) is 0 Å². The number of rotatable bonds is 16. The molecular formula is C53H42N10O7. The molecule has 0 saturated carbocycles. The first-order chi connectivity index (χ1) is 34.2. The summed E-state index contributed by atoms with van der Waals surface area (Å²) in [5.41, 5.74) is 15.6. The Hall–Kier alpha value is -10.0. The third kappa shape index (κ3) is 11.5. The Labute approximate surface area is 402 Å². The highest BCUT2D eigenvalue weighted by molar-refractivity contribution is 6.07. The van der Waals surface area contributed by atoms with Crippen molar-refractivity contribution in [2.45, 2.75) is 13.0 Å². The quantitative estimate of drug-likeness (QED) is 0.0464. The highest BCUT2D eigenvalue weighted by atomic mass is 16.5. The van der Waals surface area contributed by atoms with Crippen molar-refractivity contribution in [1.82, 2.24) is 24.8 Å². The summed E-state index contributed by atoms with van der Waals surface area (Å²) in [6.45, 7) is 0.694. The van der Waals surface area contributed by atoms with Crippen LogP contribution in [0.1, 0.15) is 17.5 Å². The van der Waals surface area contributed by atoms with Gasteiger partial charge in [0.2, 0.25) is 11.8 Å². The molecule has 346 valence electrons. The number of ether oxygens (including phenoxy) is 5. The molecule has 2 aromatic heterocycles. The summed E-state index contributed by atoms with van der Waals surface area (Å²) in [4.78, 5) is 45.3. The third-order valence-corrected chi connectivity index (χ3v) is 10.7. The second kappa shape index (κ2) is 22.0. The SMILES string of the molecule is COc1ccc(COc2ccc(-c3c(N)ncnc3Oc3cccc(NC(=O)C(C#N)=CC=C(C#N)C(=O)N4CC=C(c5c(N)ncnc5Oc5ccc(Oc6ccccc6)cc5)CC4)c3)cc2)cc1. The molecule has 0 atom stereocenters. The van der Waals surface area contributed by atoms with Crippen molar-refractivity contribution in [3.63, 3.8) is 0 Å². The van der Waals surface area contributed by atoms with Crippen LogP contribution in [0, 0.1) is 22.7 Å². The highest BCUT2D eigenvalue weighted by Gasteiger charge is 2.25. The van der Waals surface area contributed by atoms with Gasteiger partial charge in [-0.05, 0) is 108 Å². The standard InChI is InChI=1S/C53H42N10O7/c1-66-40-16-10-34(11-17-40)31-67-41-18-14-35(15-19-41)46-48(56)58-33-61-52(46)70-45-9-5-6-39(28-45)62-50(64)37(29-54)12-13-38(30-55)53(65)63-26-24-36(25-27-63)47-49(57)59-32-60-51(47)69-44-22-20-43(21-23-44)68-42-7-3-2-4-8-42/h2-24,28,32-33H,25-27,31H2,1H3,(H,62,64)(H2,56,58,61)(H2,57,59,60). The molecule has 0 radical (unpaired) electrons. The molecule has 7 aromatic rings. The highest BCUT2D eigenvalue weighted by Crippen LogP contribution is 2.38. The summed E-state index contributed by atoms with van der Waals surface area (Å²) in [7, 11) is 1.61. The number of carbonyl (C=O) groups excluding carboxylic acids is 2. The molecule has 2 amide bonds. The number of hydrogen-bond acceptors (Lipinski definition) is 15. The fraction of sp³-hybridized carbons (Fsp3) is 0.0943. The summed E-state index contributed by atoms with van der Waals surface area (Å²) in [5.74, 6) is 2.87. The van der Waals surface area contributed by atoms with Crippen LogP contribution >= 0.6 is 0 Å². The van der Waals surface area contributed by atoms with Gasteiger partial charge in [0, 0.05) is 24.8 Å². The zero-order valence-corrected chi connectivity index (χ0v) is 37.5. The van der Waals surface area contributed by atoms with Gasteiger partial charge in [0.15, 0.2) is 0 Å². The summed E-state index contributed by atoms with van der Waals surface area (Å²) in [5, 5.41) is 22.6. The number of benzene rings is 5. The van der Waals surface area contributed by atoms with Gasteiger partial charge in [-0.2, -0.15) is 10.5 Å². The van der Waals surface area contributed by atoms with E-state index < -0.39 is 11.8 Å². The van der Waals surface area contributed by atoms with Gasteiger partial charge >= 0.3 is 0 Å². The maximum Gasteiger partial charge on any atom is 0.266 e. The lowest BCUT2D eigenvalue weighted by atomic mass is 10.00. The fourth-order valence-electron chi connectivity index (χ4n) is 7.10. The van der Waals surface area contributed by atoms with E-state index in [-0.39, 0.29) is 53.3 Å². The summed E-state index contributed by atoms with van der Waals surface area (Å²) in [6, 6.07) is 41.4. The molecule has 5 N–H and O–H groups in total. The number of methoxy groups -OCH3 is 1. The first kappa shape index (κ1) is 46.5. The second-order valence-electron chi connectivity index (χ2n) is 15.2. The van der Waals surface area contributed by atoms with Gasteiger partial charge in [-0.15, -0.1) is 0 Å². The van der Waals surface area contributed by atoms with Crippen LogP contribution in [0.15, 0.2) is 169 Å².